The van der Waals surface area contributed by atoms with Crippen LogP contribution in [0.25, 0.3) is 10.8 Å². The van der Waals surface area contributed by atoms with E-state index in [1.54, 1.807) is 6.08 Å². The van der Waals surface area contributed by atoms with E-state index in [0.717, 1.165) is 32.6 Å². The third-order valence-electron chi connectivity index (χ3n) is 5.27. The van der Waals surface area contributed by atoms with Crippen molar-refractivity contribution < 1.29 is 4.79 Å². The van der Waals surface area contributed by atoms with Crippen LogP contribution in [0.5, 0.6) is 0 Å². The molecule has 0 radical (unpaired) electrons. The van der Waals surface area contributed by atoms with E-state index in [1.165, 1.54) is 17.1 Å². The molecule has 178 valence electrons. The molecule has 4 aromatic rings. The number of carbonyl (C=O) groups excluding carboxylic acids is 1. The predicted octanol–water partition coefficient (Wildman–Crippen LogP) is 5.62. The summed E-state index contributed by atoms with van der Waals surface area (Å²) < 4.78 is 2.95. The molecule has 1 aromatic heterocycles. The van der Waals surface area contributed by atoms with Gasteiger partial charge in [0.1, 0.15) is 0 Å². The maximum atomic E-state index is 12.4. The zero-order chi connectivity index (χ0) is 24.6. The van der Waals surface area contributed by atoms with Crippen LogP contribution in [0.15, 0.2) is 94.1 Å². The zero-order valence-corrected chi connectivity index (χ0v) is 21.6. The highest BCUT2D eigenvalue weighted by Gasteiger charge is 2.14. The van der Waals surface area contributed by atoms with Crippen LogP contribution >= 0.6 is 27.7 Å². The quantitative estimate of drug-likeness (QED) is 0.116. The van der Waals surface area contributed by atoms with E-state index in [9.17, 15) is 4.79 Å². The van der Waals surface area contributed by atoms with Gasteiger partial charge in [0.25, 0.3) is 5.91 Å². The Morgan fingerprint density at radius 2 is 1.89 bits per heavy atom. The molecule has 0 aliphatic carbocycles. The molecule has 0 spiro atoms. The van der Waals surface area contributed by atoms with Crippen molar-refractivity contribution in [1.82, 2.24) is 20.2 Å². The Morgan fingerprint density at radius 3 is 2.69 bits per heavy atom. The van der Waals surface area contributed by atoms with Gasteiger partial charge in [0.05, 0.1) is 18.0 Å². The first-order chi connectivity index (χ1) is 17.0. The standard InChI is InChI=1S/C26H25BrN6OS/c1-3-15-33-24(16-28-23-10-6-8-20-7-4-5-9-22(20)23)30-32-26(33)35-17-25(34)31-29-18(2)19-11-13-21(27)14-12-19/h3-14,28H,1,15-17H2,2H3,(H,31,34)/b29-18-. The highest BCUT2D eigenvalue weighted by atomic mass is 79.9. The highest BCUT2D eigenvalue weighted by molar-refractivity contribution is 9.10. The number of halogens is 1. The van der Waals surface area contributed by atoms with Gasteiger partial charge in [0, 0.05) is 22.1 Å². The fourth-order valence-electron chi connectivity index (χ4n) is 3.49. The molecule has 7 nitrogen and oxygen atoms in total. The second-order valence-electron chi connectivity index (χ2n) is 7.71. The summed E-state index contributed by atoms with van der Waals surface area (Å²) in [5, 5.41) is 19.3. The number of hydrogen-bond acceptors (Lipinski definition) is 6. The van der Waals surface area contributed by atoms with Gasteiger partial charge < -0.3 is 9.88 Å². The van der Waals surface area contributed by atoms with Crippen molar-refractivity contribution in [3.63, 3.8) is 0 Å². The summed E-state index contributed by atoms with van der Waals surface area (Å²) in [5.41, 5.74) is 5.31. The van der Waals surface area contributed by atoms with Gasteiger partial charge in [-0.05, 0) is 36.1 Å². The van der Waals surface area contributed by atoms with Crippen molar-refractivity contribution in [2.45, 2.75) is 25.2 Å². The second-order valence-corrected chi connectivity index (χ2v) is 9.56. The average Bonchev–Trinajstić information content (AvgIpc) is 3.26. The lowest BCUT2D eigenvalue weighted by Crippen LogP contribution is -2.21. The number of hydrazone groups is 1. The molecule has 1 amide bonds. The first-order valence-corrected chi connectivity index (χ1v) is 12.8. The van der Waals surface area contributed by atoms with E-state index in [-0.39, 0.29) is 11.7 Å². The van der Waals surface area contributed by atoms with Crippen molar-refractivity contribution in [1.29, 1.82) is 0 Å². The Bertz CT molecular complexity index is 1360. The fraction of sp³-hybridized carbons (Fsp3) is 0.154. The summed E-state index contributed by atoms with van der Waals surface area (Å²) in [5.74, 6) is 0.725. The van der Waals surface area contributed by atoms with Crippen LogP contribution in [-0.4, -0.2) is 32.1 Å². The van der Waals surface area contributed by atoms with Gasteiger partial charge in [-0.2, -0.15) is 5.10 Å². The van der Waals surface area contributed by atoms with Gasteiger partial charge in [-0.25, -0.2) is 5.43 Å². The number of thioether (sulfide) groups is 1. The molecule has 9 heteroatoms. The van der Waals surface area contributed by atoms with Gasteiger partial charge in [-0.15, -0.1) is 16.8 Å². The predicted molar refractivity (Wildman–Crippen MR) is 147 cm³/mol. The second kappa shape index (κ2) is 11.8. The van der Waals surface area contributed by atoms with E-state index in [4.69, 9.17) is 0 Å². The Morgan fingerprint density at radius 1 is 1.11 bits per heavy atom. The number of rotatable bonds is 10. The molecule has 0 fully saturated rings. The molecule has 1 heterocycles. The third kappa shape index (κ3) is 6.37. The number of nitrogens with one attached hydrogen (secondary N) is 2. The van der Waals surface area contributed by atoms with Crippen molar-refractivity contribution in [3.8, 4) is 0 Å². The summed E-state index contributed by atoms with van der Waals surface area (Å²) in [6, 6.07) is 22.1. The molecule has 0 atom stereocenters. The van der Waals surface area contributed by atoms with Gasteiger partial charge in [0.15, 0.2) is 11.0 Å². The average molecular weight is 549 g/mol. The topological polar surface area (TPSA) is 84.2 Å². The number of allylic oxidation sites excluding steroid dienone is 1. The minimum absolute atomic E-state index is 0.170. The minimum Gasteiger partial charge on any atom is -0.377 e. The Hall–Kier alpha value is -3.43. The van der Waals surface area contributed by atoms with Crippen LogP contribution in [0.4, 0.5) is 5.69 Å². The Balaban J connectivity index is 1.38. The molecule has 4 rings (SSSR count). The number of aromatic nitrogens is 3. The molecule has 0 aliphatic rings. The SMILES string of the molecule is C=CCn1c(CNc2cccc3ccccc23)nnc1SCC(=O)N/N=C(/C)c1ccc(Br)cc1. The number of amides is 1. The summed E-state index contributed by atoms with van der Waals surface area (Å²) in [6.07, 6.45) is 1.79. The lowest BCUT2D eigenvalue weighted by molar-refractivity contribution is -0.118. The van der Waals surface area contributed by atoms with Crippen molar-refractivity contribution in [2.75, 3.05) is 11.1 Å². The number of benzene rings is 3. The minimum atomic E-state index is -0.213. The van der Waals surface area contributed by atoms with Gasteiger partial charge in [-0.1, -0.05) is 82.3 Å². The summed E-state index contributed by atoms with van der Waals surface area (Å²) in [4.78, 5) is 12.4. The maximum absolute atomic E-state index is 12.4. The Labute approximate surface area is 216 Å². The Kier molecular flexibility index (Phi) is 8.33. The maximum Gasteiger partial charge on any atom is 0.250 e. The van der Waals surface area contributed by atoms with Crippen LogP contribution in [0.3, 0.4) is 0 Å². The molecule has 0 saturated heterocycles. The molecule has 3 aromatic carbocycles. The first kappa shape index (κ1) is 24.7. The zero-order valence-electron chi connectivity index (χ0n) is 19.2. The number of anilines is 1. The van der Waals surface area contributed by atoms with E-state index in [1.807, 2.05) is 60.0 Å². The van der Waals surface area contributed by atoms with E-state index >= 15 is 0 Å². The lowest BCUT2D eigenvalue weighted by atomic mass is 10.1. The summed E-state index contributed by atoms with van der Waals surface area (Å²) >= 11 is 4.73. The molecule has 0 aliphatic heterocycles. The van der Waals surface area contributed by atoms with Crippen LogP contribution in [0, 0.1) is 0 Å². The number of hydrogen-bond donors (Lipinski definition) is 2. The van der Waals surface area contributed by atoms with E-state index in [0.29, 0.717) is 18.2 Å². The van der Waals surface area contributed by atoms with E-state index < -0.39 is 0 Å². The smallest absolute Gasteiger partial charge is 0.250 e. The van der Waals surface area contributed by atoms with Crippen LogP contribution in [0.2, 0.25) is 0 Å². The van der Waals surface area contributed by atoms with E-state index in [2.05, 4.69) is 66.7 Å². The largest absolute Gasteiger partial charge is 0.377 e. The highest BCUT2D eigenvalue weighted by Crippen LogP contribution is 2.24. The molecule has 0 saturated carbocycles. The van der Waals surface area contributed by atoms with Gasteiger partial charge in [-0.3, -0.25) is 4.79 Å². The van der Waals surface area contributed by atoms with Crippen LogP contribution in [0.1, 0.15) is 18.3 Å². The molecule has 0 unspecified atom stereocenters. The number of fused-ring (bicyclic) bond motifs is 1. The lowest BCUT2D eigenvalue weighted by Gasteiger charge is -2.11. The third-order valence-corrected chi connectivity index (χ3v) is 6.77. The first-order valence-electron chi connectivity index (χ1n) is 11.0. The summed E-state index contributed by atoms with van der Waals surface area (Å²) in [7, 11) is 0. The monoisotopic (exact) mass is 548 g/mol. The van der Waals surface area contributed by atoms with Crippen LogP contribution < -0.4 is 10.7 Å². The number of carbonyl (C=O) groups is 1. The van der Waals surface area contributed by atoms with Gasteiger partial charge >= 0.3 is 0 Å². The van der Waals surface area contributed by atoms with Crippen molar-refractivity contribution in [2.24, 2.45) is 5.10 Å². The summed E-state index contributed by atoms with van der Waals surface area (Å²) in [6.45, 7) is 6.75. The molecular formula is C26H25BrN6OS. The molecule has 35 heavy (non-hydrogen) atoms. The van der Waals surface area contributed by atoms with Crippen molar-refractivity contribution >= 4 is 55.8 Å². The molecule has 0 bridgehead atoms. The molecule has 2 N–H and O–H groups in total. The number of nitrogens with zero attached hydrogens (tertiary/aromatic N) is 4. The van der Waals surface area contributed by atoms with Gasteiger partial charge in [0.2, 0.25) is 0 Å². The van der Waals surface area contributed by atoms with Crippen LogP contribution in [-0.2, 0) is 17.9 Å². The normalized spacial score (nSPS) is 11.4. The van der Waals surface area contributed by atoms with Crippen molar-refractivity contribution in [3.05, 3.63) is 95.2 Å². The molecular weight excluding hydrogens is 524 g/mol. The fourth-order valence-corrected chi connectivity index (χ4v) is 4.51.